The first kappa shape index (κ1) is 21.0. The molecular weight excluding hydrogens is 406 g/mol. The minimum atomic E-state index is -0.157. The molecule has 0 unspecified atom stereocenters. The Bertz CT molecular complexity index is 1170. The number of pyridine rings is 1. The third kappa shape index (κ3) is 4.91. The van der Waals surface area contributed by atoms with E-state index in [2.05, 4.69) is 18.8 Å². The van der Waals surface area contributed by atoms with Gasteiger partial charge >= 0.3 is 0 Å². The molecule has 1 amide bonds. The van der Waals surface area contributed by atoms with E-state index in [-0.39, 0.29) is 12.5 Å². The van der Waals surface area contributed by atoms with Gasteiger partial charge in [0.15, 0.2) is 11.7 Å². The van der Waals surface area contributed by atoms with Crippen molar-refractivity contribution < 1.29 is 9.53 Å². The predicted molar refractivity (Wildman–Crippen MR) is 126 cm³/mol. The first-order valence-corrected chi connectivity index (χ1v) is 11.1. The highest BCUT2D eigenvalue weighted by Crippen LogP contribution is 2.31. The Morgan fingerprint density at radius 2 is 1.87 bits per heavy atom. The highest BCUT2D eigenvalue weighted by atomic mass is 32.1. The first-order chi connectivity index (χ1) is 15.0. The summed E-state index contributed by atoms with van der Waals surface area (Å²) in [4.78, 5) is 24.0. The summed E-state index contributed by atoms with van der Waals surface area (Å²) in [6, 6.07) is 19.6. The summed E-state index contributed by atoms with van der Waals surface area (Å²) in [6.07, 6.45) is 1.73. The number of anilines is 1. The Morgan fingerprint density at radius 1 is 1.06 bits per heavy atom. The number of ether oxygens (including phenoxy) is 1. The standard InChI is InChI=1S/C25H25N3O2S/c1-17(2)19-10-12-21(13-11-19)30-16-23(29)28(15-20-8-4-5-14-26-20)25-27-24-18(3)7-6-9-22(24)31-25/h4-14,17H,15-16H2,1-3H3. The molecule has 0 bridgehead atoms. The molecule has 2 aromatic carbocycles. The smallest absolute Gasteiger partial charge is 0.267 e. The average molecular weight is 432 g/mol. The van der Waals surface area contributed by atoms with E-state index in [9.17, 15) is 4.79 Å². The van der Waals surface area contributed by atoms with Crippen LogP contribution in [0.4, 0.5) is 5.13 Å². The van der Waals surface area contributed by atoms with Crippen LogP contribution in [0.25, 0.3) is 10.2 Å². The maximum Gasteiger partial charge on any atom is 0.267 e. The number of aryl methyl sites for hydroxylation is 1. The van der Waals surface area contributed by atoms with Gasteiger partial charge in [0.05, 0.1) is 22.5 Å². The summed E-state index contributed by atoms with van der Waals surface area (Å²) in [6.45, 7) is 6.60. The number of thiazole rings is 1. The van der Waals surface area contributed by atoms with Crippen molar-refractivity contribution in [3.63, 3.8) is 0 Å². The molecule has 0 spiro atoms. The van der Waals surface area contributed by atoms with Gasteiger partial charge in [0.25, 0.3) is 5.91 Å². The minimum Gasteiger partial charge on any atom is -0.484 e. The maximum atomic E-state index is 13.2. The van der Waals surface area contributed by atoms with Crippen molar-refractivity contribution in [1.29, 1.82) is 0 Å². The molecule has 0 saturated carbocycles. The Kier molecular flexibility index (Phi) is 6.28. The fourth-order valence-corrected chi connectivity index (χ4v) is 4.34. The molecule has 6 heteroatoms. The number of hydrogen-bond donors (Lipinski definition) is 0. The lowest BCUT2D eigenvalue weighted by molar-refractivity contribution is -0.120. The van der Waals surface area contributed by atoms with Gasteiger partial charge in [-0.05, 0) is 54.3 Å². The van der Waals surface area contributed by atoms with E-state index in [4.69, 9.17) is 9.72 Å². The molecule has 5 nitrogen and oxygen atoms in total. The van der Waals surface area contributed by atoms with Gasteiger partial charge in [-0.15, -0.1) is 0 Å². The van der Waals surface area contributed by atoms with Crippen molar-refractivity contribution in [2.24, 2.45) is 0 Å². The van der Waals surface area contributed by atoms with Crippen molar-refractivity contribution in [1.82, 2.24) is 9.97 Å². The molecular formula is C25H25N3O2S. The molecule has 2 aromatic heterocycles. The zero-order valence-corrected chi connectivity index (χ0v) is 18.7. The maximum absolute atomic E-state index is 13.2. The number of para-hydroxylation sites is 1. The van der Waals surface area contributed by atoms with Crippen LogP contribution in [-0.2, 0) is 11.3 Å². The zero-order valence-electron chi connectivity index (χ0n) is 17.9. The monoisotopic (exact) mass is 431 g/mol. The zero-order chi connectivity index (χ0) is 21.8. The fraction of sp³-hybridized carbons (Fsp3) is 0.240. The minimum absolute atomic E-state index is 0.0667. The summed E-state index contributed by atoms with van der Waals surface area (Å²) in [7, 11) is 0. The lowest BCUT2D eigenvalue weighted by atomic mass is 10.0. The van der Waals surface area contributed by atoms with Crippen LogP contribution in [0, 0.1) is 6.92 Å². The molecule has 0 fully saturated rings. The third-order valence-electron chi connectivity index (χ3n) is 5.10. The Labute approximate surface area is 186 Å². The van der Waals surface area contributed by atoms with Gasteiger partial charge in [-0.25, -0.2) is 4.98 Å². The number of aromatic nitrogens is 2. The van der Waals surface area contributed by atoms with Crippen molar-refractivity contribution in [3.05, 3.63) is 83.7 Å². The van der Waals surface area contributed by atoms with Gasteiger partial charge in [-0.1, -0.05) is 55.5 Å². The second-order valence-electron chi connectivity index (χ2n) is 7.73. The van der Waals surface area contributed by atoms with Crippen LogP contribution in [0.2, 0.25) is 0 Å². The molecule has 4 aromatic rings. The van der Waals surface area contributed by atoms with Crippen molar-refractivity contribution in [3.8, 4) is 5.75 Å². The number of amides is 1. The lowest BCUT2D eigenvalue weighted by Gasteiger charge is -2.20. The van der Waals surface area contributed by atoms with Crippen molar-refractivity contribution in [2.75, 3.05) is 11.5 Å². The van der Waals surface area contributed by atoms with E-state index in [1.165, 1.54) is 16.9 Å². The average Bonchev–Trinajstić information content (AvgIpc) is 3.22. The third-order valence-corrected chi connectivity index (χ3v) is 6.14. The summed E-state index contributed by atoms with van der Waals surface area (Å²) in [5.41, 5.74) is 4.05. The number of benzene rings is 2. The second kappa shape index (κ2) is 9.27. The largest absolute Gasteiger partial charge is 0.484 e. The van der Waals surface area contributed by atoms with Crippen LogP contribution >= 0.6 is 11.3 Å². The van der Waals surface area contributed by atoms with Gasteiger partial charge < -0.3 is 4.74 Å². The molecule has 158 valence electrons. The number of carbonyl (C=O) groups is 1. The molecule has 0 aliphatic heterocycles. The summed E-state index contributed by atoms with van der Waals surface area (Å²) in [5, 5.41) is 0.652. The molecule has 0 atom stereocenters. The van der Waals surface area contributed by atoms with E-state index in [1.54, 1.807) is 11.1 Å². The van der Waals surface area contributed by atoms with Crippen LogP contribution in [0.15, 0.2) is 66.9 Å². The second-order valence-corrected chi connectivity index (χ2v) is 8.74. The van der Waals surface area contributed by atoms with Gasteiger partial charge in [-0.2, -0.15) is 0 Å². The number of carbonyl (C=O) groups excluding carboxylic acids is 1. The Balaban J connectivity index is 1.57. The quantitative estimate of drug-likeness (QED) is 0.375. The van der Waals surface area contributed by atoms with E-state index >= 15 is 0 Å². The summed E-state index contributed by atoms with van der Waals surface area (Å²) >= 11 is 1.50. The van der Waals surface area contributed by atoms with Crippen LogP contribution in [-0.4, -0.2) is 22.5 Å². The number of rotatable bonds is 7. The Morgan fingerprint density at radius 3 is 2.55 bits per heavy atom. The first-order valence-electron chi connectivity index (χ1n) is 10.3. The molecule has 0 aliphatic rings. The highest BCUT2D eigenvalue weighted by molar-refractivity contribution is 7.22. The Hall–Kier alpha value is -3.25. The lowest BCUT2D eigenvalue weighted by Crippen LogP contribution is -2.34. The normalized spacial score (nSPS) is 11.1. The number of nitrogens with zero attached hydrogens (tertiary/aromatic N) is 3. The van der Waals surface area contributed by atoms with Crippen LogP contribution in [0.1, 0.15) is 36.6 Å². The van der Waals surface area contributed by atoms with Crippen LogP contribution in [0.5, 0.6) is 5.75 Å². The molecule has 31 heavy (non-hydrogen) atoms. The predicted octanol–water partition coefficient (Wildman–Crippen LogP) is 5.74. The van der Waals surface area contributed by atoms with Gasteiger partial charge in [0, 0.05) is 6.20 Å². The highest BCUT2D eigenvalue weighted by Gasteiger charge is 2.22. The van der Waals surface area contributed by atoms with E-state index in [1.807, 2.05) is 67.6 Å². The molecule has 0 N–H and O–H groups in total. The van der Waals surface area contributed by atoms with Crippen LogP contribution < -0.4 is 9.64 Å². The summed E-state index contributed by atoms with van der Waals surface area (Å²) < 4.78 is 6.86. The van der Waals surface area contributed by atoms with Gasteiger partial charge in [0.2, 0.25) is 0 Å². The number of fused-ring (bicyclic) bond motifs is 1. The van der Waals surface area contributed by atoms with Crippen LogP contribution in [0.3, 0.4) is 0 Å². The van der Waals surface area contributed by atoms with Crippen molar-refractivity contribution >= 4 is 32.6 Å². The molecule has 0 radical (unpaired) electrons. The van der Waals surface area contributed by atoms with Gasteiger partial charge in [0.1, 0.15) is 5.75 Å². The SMILES string of the molecule is Cc1cccc2sc(N(Cc3ccccn3)C(=O)COc3ccc(C(C)C)cc3)nc12. The number of hydrogen-bond acceptors (Lipinski definition) is 5. The van der Waals surface area contributed by atoms with E-state index < -0.39 is 0 Å². The topological polar surface area (TPSA) is 55.3 Å². The molecule has 2 heterocycles. The molecule has 0 saturated heterocycles. The molecule has 0 aliphatic carbocycles. The van der Waals surface area contributed by atoms with E-state index in [0.29, 0.717) is 23.3 Å². The van der Waals surface area contributed by atoms with Crippen molar-refractivity contribution in [2.45, 2.75) is 33.2 Å². The summed E-state index contributed by atoms with van der Waals surface area (Å²) in [5.74, 6) is 0.970. The van der Waals surface area contributed by atoms with E-state index in [0.717, 1.165) is 21.5 Å². The molecule has 4 rings (SSSR count). The fourth-order valence-electron chi connectivity index (χ4n) is 3.28. The van der Waals surface area contributed by atoms with Gasteiger partial charge in [-0.3, -0.25) is 14.7 Å².